The number of nitrogens with zero attached hydrogens (tertiary/aromatic N) is 5. The Bertz CT molecular complexity index is 810. The minimum Gasteiger partial charge on any atom is -0.378 e. The number of rotatable bonds is 3. The quantitative estimate of drug-likeness (QED) is 0.479. The molecule has 4 N–H and O–H groups in total. The summed E-state index contributed by atoms with van der Waals surface area (Å²) in [6.07, 6.45) is 1.47. The van der Waals surface area contributed by atoms with Gasteiger partial charge in [-0.05, 0) is 16.4 Å². The monoisotopic (exact) mass is 304 g/mol. The Morgan fingerprint density at radius 2 is 2.29 bits per heavy atom. The molecule has 0 unspecified atom stereocenters. The predicted octanol–water partition coefficient (Wildman–Crippen LogP) is 0.812. The Balaban J connectivity index is 1.66. The van der Waals surface area contributed by atoms with E-state index in [1.54, 1.807) is 0 Å². The number of nitrogens with two attached hydrogens (primary N) is 1. The first-order valence-corrected chi connectivity index (χ1v) is 6.36. The van der Waals surface area contributed by atoms with Crippen LogP contribution in [0.1, 0.15) is 5.56 Å². The Morgan fingerprint density at radius 1 is 1.38 bits per heavy atom. The molecule has 106 valence electrons. The maximum Gasteiger partial charge on any atom is 0.340 e. The molecular formula is C10H8N8O2S. The first-order chi connectivity index (χ1) is 10.2. The van der Waals surface area contributed by atoms with Crippen molar-refractivity contribution in [3.05, 3.63) is 23.8 Å². The van der Waals surface area contributed by atoms with Crippen LogP contribution < -0.4 is 16.5 Å². The van der Waals surface area contributed by atoms with E-state index in [2.05, 4.69) is 39.5 Å². The largest absolute Gasteiger partial charge is 0.378 e. The molecule has 10 nitrogen and oxygen atoms in total. The number of urea groups is 1. The van der Waals surface area contributed by atoms with E-state index in [4.69, 9.17) is 5.73 Å². The topological polar surface area (TPSA) is 144 Å². The van der Waals surface area contributed by atoms with Crippen LogP contribution in [0.25, 0.3) is 11.0 Å². The van der Waals surface area contributed by atoms with Crippen LogP contribution in [0.2, 0.25) is 0 Å². The van der Waals surface area contributed by atoms with Crippen LogP contribution in [0.4, 0.5) is 16.4 Å². The molecule has 0 aliphatic rings. The summed E-state index contributed by atoms with van der Waals surface area (Å²) in [6, 6.07) is 4.85. The molecule has 0 aliphatic heterocycles. The van der Waals surface area contributed by atoms with E-state index in [1.165, 1.54) is 6.21 Å². The van der Waals surface area contributed by atoms with Crippen LogP contribution in [0.5, 0.6) is 0 Å². The van der Waals surface area contributed by atoms with Crippen LogP contribution in [0.15, 0.2) is 27.9 Å². The third kappa shape index (κ3) is 2.76. The van der Waals surface area contributed by atoms with Gasteiger partial charge < -0.3 is 5.73 Å². The summed E-state index contributed by atoms with van der Waals surface area (Å²) in [4.78, 5) is 11.5. The molecule has 0 aliphatic carbocycles. The Kier molecular flexibility index (Phi) is 3.39. The smallest absolute Gasteiger partial charge is 0.340 e. The van der Waals surface area contributed by atoms with Gasteiger partial charge in [-0.1, -0.05) is 12.1 Å². The first-order valence-electron chi connectivity index (χ1n) is 5.63. The number of amides is 2. The van der Waals surface area contributed by atoms with Crippen molar-refractivity contribution in [2.45, 2.75) is 0 Å². The van der Waals surface area contributed by atoms with Crippen molar-refractivity contribution >= 4 is 46.6 Å². The standard InChI is InChI=1S/C10H8N8O2S/c11-8-9(16-20-15-8)13-10(19)14-12-4-5-2-1-3-6-7(5)18-21-17-6/h1-4H,(H2,11,15)(H2,13,14,16,19)/b12-4+. The first kappa shape index (κ1) is 12.9. The fraction of sp³-hybridized carbons (Fsp3) is 0. The fourth-order valence-corrected chi connectivity index (χ4v) is 2.07. The van der Waals surface area contributed by atoms with Crippen molar-refractivity contribution in [1.29, 1.82) is 0 Å². The highest BCUT2D eigenvalue weighted by molar-refractivity contribution is 7.00. The third-order valence-corrected chi connectivity index (χ3v) is 2.98. The molecule has 0 radical (unpaired) electrons. The van der Waals surface area contributed by atoms with Gasteiger partial charge in [0.1, 0.15) is 11.0 Å². The molecule has 0 spiro atoms. The molecular weight excluding hydrogens is 296 g/mol. The molecule has 0 saturated carbocycles. The summed E-state index contributed by atoms with van der Waals surface area (Å²) in [7, 11) is 0. The average Bonchev–Trinajstić information content (AvgIpc) is 3.09. The fourth-order valence-electron chi connectivity index (χ4n) is 1.51. The second kappa shape index (κ2) is 5.50. The number of fused-ring (bicyclic) bond motifs is 1. The van der Waals surface area contributed by atoms with Crippen LogP contribution in [-0.2, 0) is 0 Å². The zero-order valence-corrected chi connectivity index (χ0v) is 11.2. The second-order valence-corrected chi connectivity index (χ2v) is 4.33. The minimum absolute atomic E-state index is 0.0209. The zero-order valence-electron chi connectivity index (χ0n) is 10.3. The van der Waals surface area contributed by atoms with Crippen LogP contribution in [0, 0.1) is 0 Å². The van der Waals surface area contributed by atoms with Crippen molar-refractivity contribution in [3.8, 4) is 0 Å². The van der Waals surface area contributed by atoms with E-state index >= 15 is 0 Å². The number of carbonyl (C=O) groups excluding carboxylic acids is 1. The number of carbonyl (C=O) groups is 1. The average molecular weight is 304 g/mol. The zero-order chi connectivity index (χ0) is 14.7. The third-order valence-electron chi connectivity index (χ3n) is 2.43. The summed E-state index contributed by atoms with van der Waals surface area (Å²) in [5.74, 6) is 0.000878. The number of hydrogen-bond acceptors (Lipinski definition) is 9. The van der Waals surface area contributed by atoms with Gasteiger partial charge in [0.05, 0.1) is 17.9 Å². The van der Waals surface area contributed by atoms with Gasteiger partial charge in [-0.25, -0.2) is 14.8 Å². The Hall–Kier alpha value is -3.08. The number of benzene rings is 1. The Morgan fingerprint density at radius 3 is 3.10 bits per heavy atom. The van der Waals surface area contributed by atoms with E-state index in [0.29, 0.717) is 0 Å². The van der Waals surface area contributed by atoms with E-state index < -0.39 is 6.03 Å². The van der Waals surface area contributed by atoms with Crippen molar-refractivity contribution in [3.63, 3.8) is 0 Å². The summed E-state index contributed by atoms with van der Waals surface area (Å²) >= 11 is 1.11. The lowest BCUT2D eigenvalue weighted by atomic mass is 10.2. The molecule has 2 aromatic heterocycles. The normalized spacial score (nSPS) is 11.0. The number of anilines is 2. The van der Waals surface area contributed by atoms with E-state index in [9.17, 15) is 4.79 Å². The summed E-state index contributed by atoms with van der Waals surface area (Å²) in [5.41, 5.74) is 9.89. The molecule has 0 fully saturated rings. The molecule has 0 atom stereocenters. The highest BCUT2D eigenvalue weighted by Gasteiger charge is 2.09. The van der Waals surface area contributed by atoms with Gasteiger partial charge in [-0.3, -0.25) is 5.32 Å². The number of nitrogens with one attached hydrogen (secondary N) is 2. The molecule has 2 amide bonds. The molecule has 2 heterocycles. The molecule has 1 aromatic carbocycles. The number of hydrogen-bond donors (Lipinski definition) is 3. The number of nitrogen functional groups attached to an aromatic ring is 1. The minimum atomic E-state index is -0.628. The summed E-state index contributed by atoms with van der Waals surface area (Å²) in [6.45, 7) is 0. The van der Waals surface area contributed by atoms with Gasteiger partial charge in [-0.15, -0.1) is 0 Å². The van der Waals surface area contributed by atoms with E-state index in [-0.39, 0.29) is 11.6 Å². The van der Waals surface area contributed by atoms with E-state index in [0.717, 1.165) is 28.3 Å². The molecule has 11 heteroatoms. The number of aromatic nitrogens is 4. The second-order valence-electron chi connectivity index (χ2n) is 3.80. The van der Waals surface area contributed by atoms with Crippen LogP contribution in [0.3, 0.4) is 0 Å². The van der Waals surface area contributed by atoms with Gasteiger partial charge >= 0.3 is 6.03 Å². The van der Waals surface area contributed by atoms with Crippen molar-refractivity contribution in [2.24, 2.45) is 5.10 Å². The molecule has 3 aromatic rings. The predicted molar refractivity (Wildman–Crippen MR) is 75.9 cm³/mol. The van der Waals surface area contributed by atoms with Crippen molar-refractivity contribution < 1.29 is 9.42 Å². The van der Waals surface area contributed by atoms with Gasteiger partial charge in [0, 0.05) is 5.56 Å². The molecule has 3 rings (SSSR count). The lowest BCUT2D eigenvalue weighted by molar-refractivity contribution is 0.252. The lowest BCUT2D eigenvalue weighted by Crippen LogP contribution is -2.24. The van der Waals surface area contributed by atoms with Crippen molar-refractivity contribution in [1.82, 2.24) is 24.5 Å². The summed E-state index contributed by atoms with van der Waals surface area (Å²) in [5, 5.41) is 12.9. The summed E-state index contributed by atoms with van der Waals surface area (Å²) < 4.78 is 12.6. The lowest BCUT2D eigenvalue weighted by Gasteiger charge is -1.99. The van der Waals surface area contributed by atoms with Gasteiger partial charge in [0.25, 0.3) is 0 Å². The van der Waals surface area contributed by atoms with Gasteiger partial charge in [0.15, 0.2) is 0 Å². The molecule has 0 saturated heterocycles. The van der Waals surface area contributed by atoms with Crippen molar-refractivity contribution in [2.75, 3.05) is 11.1 Å². The molecule has 21 heavy (non-hydrogen) atoms. The highest BCUT2D eigenvalue weighted by atomic mass is 32.1. The Labute approximate surface area is 121 Å². The molecule has 0 bridgehead atoms. The van der Waals surface area contributed by atoms with E-state index in [1.807, 2.05) is 18.2 Å². The maximum atomic E-state index is 11.5. The van der Waals surface area contributed by atoms with Crippen LogP contribution >= 0.6 is 11.7 Å². The highest BCUT2D eigenvalue weighted by Crippen LogP contribution is 2.14. The number of hydrazone groups is 1. The maximum absolute atomic E-state index is 11.5. The van der Waals surface area contributed by atoms with Gasteiger partial charge in [-0.2, -0.15) is 13.8 Å². The SMILES string of the molecule is Nc1nonc1NC(=O)N/N=C/c1cccc2nsnc12. The van der Waals surface area contributed by atoms with Crippen LogP contribution in [-0.4, -0.2) is 31.3 Å². The van der Waals surface area contributed by atoms with Gasteiger partial charge in [0.2, 0.25) is 11.6 Å².